The summed E-state index contributed by atoms with van der Waals surface area (Å²) < 4.78 is 25.6. The molecule has 0 N–H and O–H groups in total. The van der Waals surface area contributed by atoms with Gasteiger partial charge in [0.05, 0.1) is 25.3 Å². The Balaban J connectivity index is 2.52. The Bertz CT molecular complexity index is 980. The van der Waals surface area contributed by atoms with Crippen LogP contribution in [-0.2, 0) is 17.8 Å². The van der Waals surface area contributed by atoms with Gasteiger partial charge in [-0.25, -0.2) is 9.18 Å². The Morgan fingerprint density at radius 2 is 1.93 bits per heavy atom. The third-order valence-corrected chi connectivity index (χ3v) is 4.52. The number of hydrogen-bond acceptors (Lipinski definition) is 5. The van der Waals surface area contributed by atoms with Gasteiger partial charge in [0.25, 0.3) is 0 Å². The first kappa shape index (κ1) is 22.3. The molecular formula is C22H27FN2O4. The molecule has 6 nitrogen and oxygen atoms in total. The van der Waals surface area contributed by atoms with Crippen molar-refractivity contribution in [3.8, 4) is 5.75 Å². The molecule has 0 fully saturated rings. The van der Waals surface area contributed by atoms with Crippen molar-refractivity contribution >= 4 is 11.7 Å². The molecule has 0 amide bonds. The quantitative estimate of drug-likeness (QED) is 0.496. The standard InChI is InChI=1S/C22H27FN2O4/c1-6-25-13-18(15(5)24-12-16-9-10-17(23)11-14(16)4)20(26)21(28-7-2)19(25)22(27)29-8-3/h9-11,13H,6-8,12H2,1-5H3. The smallest absolute Gasteiger partial charge is 0.358 e. The van der Waals surface area contributed by atoms with E-state index in [0.29, 0.717) is 24.4 Å². The highest BCUT2D eigenvalue weighted by atomic mass is 19.1. The number of esters is 1. The van der Waals surface area contributed by atoms with Gasteiger partial charge in [-0.05, 0) is 57.9 Å². The Hall–Kier alpha value is -2.96. The van der Waals surface area contributed by atoms with E-state index in [2.05, 4.69) is 4.99 Å². The summed E-state index contributed by atoms with van der Waals surface area (Å²) in [5, 5.41) is 0. The monoisotopic (exact) mass is 402 g/mol. The Morgan fingerprint density at radius 1 is 1.21 bits per heavy atom. The van der Waals surface area contributed by atoms with E-state index < -0.39 is 11.4 Å². The van der Waals surface area contributed by atoms with Gasteiger partial charge in [-0.2, -0.15) is 0 Å². The number of aromatic nitrogens is 1. The van der Waals surface area contributed by atoms with Crippen LogP contribution in [0.4, 0.5) is 4.39 Å². The van der Waals surface area contributed by atoms with E-state index in [9.17, 15) is 14.0 Å². The van der Waals surface area contributed by atoms with Crippen molar-refractivity contribution in [1.82, 2.24) is 4.57 Å². The van der Waals surface area contributed by atoms with Crippen LogP contribution in [0.15, 0.2) is 34.2 Å². The van der Waals surface area contributed by atoms with Crippen LogP contribution in [0.1, 0.15) is 54.9 Å². The van der Waals surface area contributed by atoms with Crippen molar-refractivity contribution in [3.05, 3.63) is 62.8 Å². The van der Waals surface area contributed by atoms with Crippen LogP contribution < -0.4 is 10.2 Å². The normalized spacial score (nSPS) is 11.4. The molecule has 29 heavy (non-hydrogen) atoms. The van der Waals surface area contributed by atoms with Crippen LogP contribution >= 0.6 is 0 Å². The number of hydrogen-bond donors (Lipinski definition) is 0. The molecule has 0 bridgehead atoms. The SMILES string of the molecule is CCOC(=O)c1c(OCC)c(=O)c(C(C)=NCc2ccc(F)cc2C)cn1CC. The predicted octanol–water partition coefficient (Wildman–Crippen LogP) is 3.90. The molecule has 2 rings (SSSR count). The number of nitrogens with zero attached hydrogens (tertiary/aromatic N) is 2. The zero-order chi connectivity index (χ0) is 21.6. The lowest BCUT2D eigenvalue weighted by Gasteiger charge is -2.17. The van der Waals surface area contributed by atoms with E-state index in [1.54, 1.807) is 37.6 Å². The maximum atomic E-state index is 13.3. The first-order valence-electron chi connectivity index (χ1n) is 9.67. The van der Waals surface area contributed by atoms with E-state index in [0.717, 1.165) is 11.1 Å². The predicted molar refractivity (Wildman–Crippen MR) is 111 cm³/mol. The Morgan fingerprint density at radius 3 is 2.52 bits per heavy atom. The first-order valence-corrected chi connectivity index (χ1v) is 9.67. The average Bonchev–Trinajstić information content (AvgIpc) is 2.68. The second kappa shape index (κ2) is 10.0. The number of rotatable bonds is 8. The van der Waals surface area contributed by atoms with Gasteiger partial charge >= 0.3 is 5.97 Å². The van der Waals surface area contributed by atoms with Gasteiger partial charge in [0.15, 0.2) is 11.4 Å². The second-order valence-electron chi connectivity index (χ2n) is 6.46. The maximum Gasteiger partial charge on any atom is 0.358 e. The highest BCUT2D eigenvalue weighted by Crippen LogP contribution is 2.18. The minimum Gasteiger partial charge on any atom is -0.488 e. The molecule has 2 aromatic rings. The summed E-state index contributed by atoms with van der Waals surface area (Å²) in [5.41, 5.74) is 2.22. The van der Waals surface area contributed by atoms with Gasteiger partial charge in [0.2, 0.25) is 5.43 Å². The van der Waals surface area contributed by atoms with Crippen molar-refractivity contribution < 1.29 is 18.7 Å². The molecule has 0 radical (unpaired) electrons. The van der Waals surface area contributed by atoms with E-state index in [1.165, 1.54) is 12.1 Å². The van der Waals surface area contributed by atoms with Crippen molar-refractivity contribution in [1.29, 1.82) is 0 Å². The molecule has 1 heterocycles. The van der Waals surface area contributed by atoms with Gasteiger partial charge in [-0.3, -0.25) is 9.79 Å². The van der Waals surface area contributed by atoms with Gasteiger partial charge < -0.3 is 14.0 Å². The van der Waals surface area contributed by atoms with Crippen LogP contribution in [0, 0.1) is 12.7 Å². The summed E-state index contributed by atoms with van der Waals surface area (Å²) in [6.45, 7) is 10.1. The average molecular weight is 402 g/mol. The van der Waals surface area contributed by atoms with Gasteiger partial charge in [0.1, 0.15) is 5.82 Å². The molecule has 7 heteroatoms. The number of carbonyl (C=O) groups excluding carboxylic acids is 1. The number of halogens is 1. The minimum atomic E-state index is -0.599. The molecule has 0 aliphatic carbocycles. The first-order chi connectivity index (χ1) is 13.8. The lowest BCUT2D eigenvalue weighted by atomic mass is 10.1. The minimum absolute atomic E-state index is 0.0298. The highest BCUT2D eigenvalue weighted by Gasteiger charge is 2.24. The molecule has 0 saturated carbocycles. The summed E-state index contributed by atoms with van der Waals surface area (Å²) in [7, 11) is 0. The fourth-order valence-corrected chi connectivity index (χ4v) is 2.96. The van der Waals surface area contributed by atoms with E-state index in [-0.39, 0.29) is 30.5 Å². The summed E-state index contributed by atoms with van der Waals surface area (Å²) >= 11 is 0. The van der Waals surface area contributed by atoms with E-state index >= 15 is 0 Å². The summed E-state index contributed by atoms with van der Waals surface area (Å²) in [6.07, 6.45) is 1.60. The molecule has 0 spiro atoms. The molecule has 1 aromatic heterocycles. The number of aryl methyl sites for hydroxylation is 2. The fraction of sp³-hybridized carbons (Fsp3) is 0.409. The molecular weight excluding hydrogens is 375 g/mol. The molecule has 156 valence electrons. The van der Waals surface area contributed by atoms with Crippen molar-refractivity contribution in [2.45, 2.75) is 47.7 Å². The lowest BCUT2D eigenvalue weighted by molar-refractivity contribution is 0.0507. The molecule has 0 aliphatic rings. The zero-order valence-corrected chi connectivity index (χ0v) is 17.5. The van der Waals surface area contributed by atoms with Gasteiger partial charge in [-0.15, -0.1) is 0 Å². The van der Waals surface area contributed by atoms with Crippen LogP contribution in [-0.4, -0.2) is 29.5 Å². The fourth-order valence-electron chi connectivity index (χ4n) is 2.96. The number of aliphatic imine (C=N–C) groups is 1. The van der Waals surface area contributed by atoms with Gasteiger partial charge in [0, 0.05) is 18.5 Å². The number of carbonyl (C=O) groups is 1. The van der Waals surface area contributed by atoms with Crippen LogP contribution in [0.25, 0.3) is 0 Å². The number of pyridine rings is 1. The van der Waals surface area contributed by atoms with E-state index in [4.69, 9.17) is 9.47 Å². The van der Waals surface area contributed by atoms with Crippen molar-refractivity contribution in [3.63, 3.8) is 0 Å². The Kier molecular flexibility index (Phi) is 7.70. The molecule has 0 saturated heterocycles. The Labute approximate surface area is 170 Å². The van der Waals surface area contributed by atoms with Crippen molar-refractivity contribution in [2.24, 2.45) is 4.99 Å². The third kappa shape index (κ3) is 5.10. The lowest BCUT2D eigenvalue weighted by Crippen LogP contribution is -2.26. The largest absolute Gasteiger partial charge is 0.488 e. The summed E-state index contributed by atoms with van der Waals surface area (Å²) in [5.74, 6) is -0.926. The third-order valence-electron chi connectivity index (χ3n) is 4.52. The van der Waals surface area contributed by atoms with Crippen LogP contribution in [0.3, 0.4) is 0 Å². The van der Waals surface area contributed by atoms with Crippen molar-refractivity contribution in [2.75, 3.05) is 13.2 Å². The van der Waals surface area contributed by atoms with E-state index in [1.807, 2.05) is 13.8 Å². The maximum absolute atomic E-state index is 13.3. The number of ether oxygens (including phenoxy) is 2. The van der Waals surface area contributed by atoms with Crippen LogP contribution in [0.5, 0.6) is 5.75 Å². The molecule has 1 aromatic carbocycles. The number of benzene rings is 1. The molecule has 0 aliphatic heterocycles. The highest BCUT2D eigenvalue weighted by molar-refractivity contribution is 6.00. The topological polar surface area (TPSA) is 69.9 Å². The van der Waals surface area contributed by atoms with Crippen LogP contribution in [0.2, 0.25) is 0 Å². The molecule has 0 unspecified atom stereocenters. The molecule has 0 atom stereocenters. The summed E-state index contributed by atoms with van der Waals surface area (Å²) in [6, 6.07) is 4.52. The summed E-state index contributed by atoms with van der Waals surface area (Å²) in [4.78, 5) is 30.0. The zero-order valence-electron chi connectivity index (χ0n) is 17.5. The van der Waals surface area contributed by atoms with Gasteiger partial charge in [-0.1, -0.05) is 6.07 Å². The second-order valence-corrected chi connectivity index (χ2v) is 6.46.